The van der Waals surface area contributed by atoms with Crippen molar-refractivity contribution in [2.45, 2.75) is 13.0 Å². The summed E-state index contributed by atoms with van der Waals surface area (Å²) in [5.74, 6) is 1.21. The van der Waals surface area contributed by atoms with Gasteiger partial charge in [-0.15, -0.1) is 11.3 Å². The molecule has 4 rings (SSSR count). The summed E-state index contributed by atoms with van der Waals surface area (Å²) in [6, 6.07) is 8.61. The first kappa shape index (κ1) is 16.8. The second kappa shape index (κ2) is 6.93. The topological polar surface area (TPSA) is 80.2 Å². The molecule has 1 atom stereocenters. The number of nitrogens with one attached hydrogen (secondary N) is 1. The number of hydrogen-bond acceptors (Lipinski definition) is 6. The third-order valence-electron chi connectivity index (χ3n) is 4.61. The van der Waals surface area contributed by atoms with Crippen molar-refractivity contribution in [1.82, 2.24) is 9.55 Å². The van der Waals surface area contributed by atoms with Crippen molar-refractivity contribution in [3.05, 3.63) is 48.1 Å². The van der Waals surface area contributed by atoms with Crippen LogP contribution in [0.1, 0.15) is 6.92 Å². The Morgan fingerprint density at radius 3 is 3.08 bits per heavy atom. The van der Waals surface area contributed by atoms with Crippen LogP contribution in [0.15, 0.2) is 48.1 Å². The van der Waals surface area contributed by atoms with E-state index in [2.05, 4.69) is 35.4 Å². The highest BCUT2D eigenvalue weighted by atomic mass is 32.1. The normalized spacial score (nSPS) is 18.0. The zero-order chi connectivity index (χ0) is 18.1. The van der Waals surface area contributed by atoms with E-state index < -0.39 is 0 Å². The highest BCUT2D eigenvalue weighted by molar-refractivity contribution is 7.13. The van der Waals surface area contributed by atoms with Gasteiger partial charge in [0.25, 0.3) is 0 Å². The fourth-order valence-corrected chi connectivity index (χ4v) is 4.07. The van der Waals surface area contributed by atoms with Gasteiger partial charge in [-0.2, -0.15) is 0 Å². The molecule has 3 N–H and O–H groups in total. The van der Waals surface area contributed by atoms with Gasteiger partial charge in [-0.05, 0) is 42.8 Å². The molecule has 6 nitrogen and oxygen atoms in total. The van der Waals surface area contributed by atoms with E-state index in [1.807, 2.05) is 12.3 Å². The third-order valence-corrected chi connectivity index (χ3v) is 5.51. The van der Waals surface area contributed by atoms with Crippen molar-refractivity contribution in [1.29, 1.82) is 5.41 Å². The number of allylic oxidation sites excluding steroid dienone is 1. The molecule has 7 heteroatoms. The number of hydrogen-bond donors (Lipinski definition) is 2. The Morgan fingerprint density at radius 2 is 2.35 bits per heavy atom. The number of rotatable bonds is 3. The summed E-state index contributed by atoms with van der Waals surface area (Å²) in [5.41, 5.74) is 7.39. The third kappa shape index (κ3) is 2.89. The zero-order valence-corrected chi connectivity index (χ0v) is 15.4. The lowest BCUT2D eigenvalue weighted by molar-refractivity contribution is 0.0986. The Hall–Kier alpha value is -2.64. The van der Waals surface area contributed by atoms with Crippen molar-refractivity contribution in [3.63, 3.8) is 0 Å². The summed E-state index contributed by atoms with van der Waals surface area (Å²) in [6.07, 6.45) is 4.82. The molecule has 0 amide bonds. The van der Waals surface area contributed by atoms with Crippen LogP contribution in [0.3, 0.4) is 0 Å². The van der Waals surface area contributed by atoms with Gasteiger partial charge in [0.2, 0.25) is 0 Å². The molecule has 0 aliphatic carbocycles. The van der Waals surface area contributed by atoms with Crippen LogP contribution < -0.4 is 10.6 Å². The molecule has 0 aromatic carbocycles. The molecular weight excluding hydrogens is 346 g/mol. The van der Waals surface area contributed by atoms with E-state index in [1.165, 1.54) is 11.1 Å². The molecule has 0 saturated carbocycles. The maximum Gasteiger partial charge on any atom is 0.148 e. The second-order valence-electron chi connectivity index (χ2n) is 6.29. The lowest BCUT2D eigenvalue weighted by Gasteiger charge is -2.34. The summed E-state index contributed by atoms with van der Waals surface area (Å²) < 4.78 is 7.34. The number of nitrogens with two attached hydrogens (primary N) is 1. The number of aromatic nitrogens is 2. The summed E-state index contributed by atoms with van der Waals surface area (Å²) >= 11 is 1.71. The average Bonchev–Trinajstić information content (AvgIpc) is 3.31. The van der Waals surface area contributed by atoms with Gasteiger partial charge in [0.05, 0.1) is 19.3 Å². The van der Waals surface area contributed by atoms with Crippen LogP contribution in [0.4, 0.5) is 5.82 Å². The Balaban J connectivity index is 1.92. The Bertz CT molecular complexity index is 960. The zero-order valence-electron chi connectivity index (χ0n) is 14.6. The first-order valence-corrected chi connectivity index (χ1v) is 9.44. The standard InChI is InChI=1S/C19H21N5OS/c1-13-12-25-9-8-23(13)18-11-15(16-3-2-10-26-16)14-5-7-24(19(14)22-18)17(21)4-6-20/h2-7,10-11,13,21H,8-9,12,20H2,1H3/b6-4-,21-17?/t13-/m1/s1. The van der Waals surface area contributed by atoms with E-state index >= 15 is 0 Å². The Labute approximate surface area is 156 Å². The first-order valence-electron chi connectivity index (χ1n) is 8.56. The molecule has 0 bridgehead atoms. The van der Waals surface area contributed by atoms with Crippen molar-refractivity contribution in [3.8, 4) is 10.4 Å². The summed E-state index contributed by atoms with van der Waals surface area (Å²) in [5, 5.41) is 11.4. The van der Waals surface area contributed by atoms with Crippen molar-refractivity contribution < 1.29 is 4.74 Å². The van der Waals surface area contributed by atoms with E-state index in [9.17, 15) is 0 Å². The van der Waals surface area contributed by atoms with Gasteiger partial charge in [-0.25, -0.2) is 4.98 Å². The van der Waals surface area contributed by atoms with Gasteiger partial charge in [0.1, 0.15) is 17.3 Å². The lowest BCUT2D eigenvalue weighted by atomic mass is 10.1. The Kier molecular flexibility index (Phi) is 4.48. The van der Waals surface area contributed by atoms with Gasteiger partial charge >= 0.3 is 0 Å². The second-order valence-corrected chi connectivity index (χ2v) is 7.24. The van der Waals surface area contributed by atoms with Gasteiger partial charge in [0.15, 0.2) is 0 Å². The molecular formula is C19H21N5OS. The molecule has 1 aliphatic heterocycles. The van der Waals surface area contributed by atoms with E-state index in [0.717, 1.165) is 29.0 Å². The molecule has 3 aromatic rings. The minimum Gasteiger partial charge on any atom is -0.404 e. The van der Waals surface area contributed by atoms with E-state index in [1.54, 1.807) is 22.0 Å². The quantitative estimate of drug-likeness (QED) is 0.550. The predicted molar refractivity (Wildman–Crippen MR) is 107 cm³/mol. The molecule has 1 saturated heterocycles. The molecule has 1 fully saturated rings. The number of morpholine rings is 1. The maximum absolute atomic E-state index is 8.25. The monoisotopic (exact) mass is 367 g/mol. The van der Waals surface area contributed by atoms with Gasteiger partial charge in [-0.1, -0.05) is 6.07 Å². The lowest BCUT2D eigenvalue weighted by Crippen LogP contribution is -2.44. The number of pyridine rings is 1. The SMILES string of the molecule is C[C@@H]1COCCN1c1cc(-c2cccs2)c2ccn(C(=N)/C=C\N)c2n1. The van der Waals surface area contributed by atoms with Crippen LogP contribution in [0.25, 0.3) is 21.5 Å². The molecule has 134 valence electrons. The summed E-state index contributed by atoms with van der Waals surface area (Å²) in [6.45, 7) is 4.35. The molecule has 26 heavy (non-hydrogen) atoms. The number of fused-ring (bicyclic) bond motifs is 1. The van der Waals surface area contributed by atoms with Crippen molar-refractivity contribution in [2.75, 3.05) is 24.7 Å². The number of ether oxygens (including phenoxy) is 1. The van der Waals surface area contributed by atoms with Crippen LogP contribution in [0.5, 0.6) is 0 Å². The Morgan fingerprint density at radius 1 is 1.46 bits per heavy atom. The average molecular weight is 367 g/mol. The highest BCUT2D eigenvalue weighted by Crippen LogP contribution is 2.35. The van der Waals surface area contributed by atoms with Crippen molar-refractivity contribution in [2.24, 2.45) is 5.73 Å². The van der Waals surface area contributed by atoms with Gasteiger partial charge in [0, 0.05) is 28.6 Å². The molecule has 4 heterocycles. The van der Waals surface area contributed by atoms with Gasteiger partial charge in [-0.3, -0.25) is 9.98 Å². The van der Waals surface area contributed by atoms with E-state index in [-0.39, 0.29) is 6.04 Å². The molecule has 0 spiro atoms. The summed E-state index contributed by atoms with van der Waals surface area (Å²) in [7, 11) is 0. The molecule has 1 aliphatic rings. The van der Waals surface area contributed by atoms with Crippen LogP contribution in [-0.2, 0) is 4.74 Å². The largest absolute Gasteiger partial charge is 0.404 e. The molecule has 0 radical (unpaired) electrons. The smallest absolute Gasteiger partial charge is 0.148 e. The van der Waals surface area contributed by atoms with Crippen molar-refractivity contribution >= 4 is 34.0 Å². The van der Waals surface area contributed by atoms with E-state index in [0.29, 0.717) is 19.0 Å². The highest BCUT2D eigenvalue weighted by Gasteiger charge is 2.23. The number of nitrogens with zero attached hydrogens (tertiary/aromatic N) is 3. The number of thiophene rings is 1. The van der Waals surface area contributed by atoms with Crippen LogP contribution >= 0.6 is 11.3 Å². The maximum atomic E-state index is 8.25. The minimum absolute atomic E-state index is 0.261. The fraction of sp³-hybridized carbons (Fsp3) is 0.263. The molecule has 0 unspecified atom stereocenters. The predicted octanol–water partition coefficient (Wildman–Crippen LogP) is 3.29. The van der Waals surface area contributed by atoms with Crippen LogP contribution in [0.2, 0.25) is 0 Å². The summed E-state index contributed by atoms with van der Waals surface area (Å²) in [4.78, 5) is 8.38. The number of anilines is 1. The minimum atomic E-state index is 0.261. The first-order chi connectivity index (χ1) is 12.7. The van der Waals surface area contributed by atoms with Crippen LogP contribution in [0, 0.1) is 5.41 Å². The van der Waals surface area contributed by atoms with Crippen LogP contribution in [-0.4, -0.2) is 41.2 Å². The fourth-order valence-electron chi connectivity index (χ4n) is 3.31. The van der Waals surface area contributed by atoms with E-state index in [4.69, 9.17) is 20.9 Å². The molecule has 3 aromatic heterocycles. The van der Waals surface area contributed by atoms with Gasteiger partial charge < -0.3 is 15.4 Å².